The molecule has 2 amide bonds. The number of carbonyl (C=O) groups is 2. The fourth-order valence-electron chi connectivity index (χ4n) is 3.69. The number of rotatable bonds is 10. The van der Waals surface area contributed by atoms with E-state index in [0.29, 0.717) is 17.0 Å². The van der Waals surface area contributed by atoms with Gasteiger partial charge in [0.1, 0.15) is 23.5 Å². The third-order valence-electron chi connectivity index (χ3n) is 5.91. The van der Waals surface area contributed by atoms with Crippen molar-refractivity contribution in [3.8, 4) is 11.4 Å². The predicted molar refractivity (Wildman–Crippen MR) is 137 cm³/mol. The van der Waals surface area contributed by atoms with Crippen molar-refractivity contribution in [1.82, 2.24) is 30.7 Å². The molecule has 2 aromatic heterocycles. The number of hydrogen-bond donors (Lipinski definition) is 4. The lowest BCUT2D eigenvalue weighted by Gasteiger charge is -2.14. The summed E-state index contributed by atoms with van der Waals surface area (Å²) >= 11 is 0. The van der Waals surface area contributed by atoms with Gasteiger partial charge in [0.05, 0.1) is 25.2 Å². The minimum atomic E-state index is -0.976. The number of carbonyl (C=O) groups excluding carboxylic acids is 2. The van der Waals surface area contributed by atoms with E-state index in [2.05, 4.69) is 30.7 Å². The second kappa shape index (κ2) is 12.3. The van der Waals surface area contributed by atoms with Crippen LogP contribution in [0.1, 0.15) is 56.5 Å². The molecule has 0 saturated carbocycles. The molecule has 4 rings (SSSR count). The number of aromatic nitrogens is 4. The number of benzene rings is 2. The molecule has 0 fully saturated rings. The van der Waals surface area contributed by atoms with Crippen LogP contribution in [0.4, 0.5) is 4.39 Å². The van der Waals surface area contributed by atoms with Crippen molar-refractivity contribution in [2.75, 3.05) is 6.61 Å². The Kier molecular flexibility index (Phi) is 8.69. The SMILES string of the molecule is Cc1cc(CNC(=O)c2cc(C(=O)NC(C)c3ccc(-c4noc(CC(O)CO)n4)cc3)ncn2)ccc1F. The highest BCUT2D eigenvalue weighted by molar-refractivity contribution is 5.97. The second-order valence-corrected chi connectivity index (χ2v) is 8.92. The van der Waals surface area contributed by atoms with Crippen LogP contribution in [0.15, 0.2) is 59.4 Å². The van der Waals surface area contributed by atoms with Gasteiger partial charge in [-0.1, -0.05) is 41.6 Å². The van der Waals surface area contributed by atoms with E-state index in [4.69, 9.17) is 9.63 Å². The van der Waals surface area contributed by atoms with Gasteiger partial charge in [-0.25, -0.2) is 14.4 Å². The van der Waals surface area contributed by atoms with Crippen molar-refractivity contribution in [2.45, 2.75) is 39.0 Å². The highest BCUT2D eigenvalue weighted by atomic mass is 19.1. The summed E-state index contributed by atoms with van der Waals surface area (Å²) in [5.41, 5.74) is 2.73. The molecule has 0 aliphatic heterocycles. The molecule has 0 aliphatic rings. The molecular weight excluding hydrogens is 507 g/mol. The first-order valence-corrected chi connectivity index (χ1v) is 12.1. The van der Waals surface area contributed by atoms with E-state index in [1.807, 2.05) is 0 Å². The summed E-state index contributed by atoms with van der Waals surface area (Å²) < 4.78 is 18.6. The van der Waals surface area contributed by atoms with Crippen LogP contribution in [0.25, 0.3) is 11.4 Å². The smallest absolute Gasteiger partial charge is 0.270 e. The minimum absolute atomic E-state index is 0.0250. The molecule has 0 spiro atoms. The zero-order chi connectivity index (χ0) is 27.9. The molecule has 2 aromatic carbocycles. The quantitative estimate of drug-likeness (QED) is 0.239. The monoisotopic (exact) mass is 534 g/mol. The molecule has 0 bridgehead atoms. The molecule has 202 valence electrons. The summed E-state index contributed by atoms with van der Waals surface area (Å²) in [7, 11) is 0. The van der Waals surface area contributed by atoms with Crippen LogP contribution in [0.5, 0.6) is 0 Å². The Morgan fingerprint density at radius 3 is 2.46 bits per heavy atom. The normalized spacial score (nSPS) is 12.5. The molecule has 0 radical (unpaired) electrons. The molecule has 0 saturated heterocycles. The molecule has 4 N–H and O–H groups in total. The van der Waals surface area contributed by atoms with Crippen molar-refractivity contribution >= 4 is 11.8 Å². The number of aliphatic hydroxyl groups excluding tert-OH is 2. The lowest BCUT2D eigenvalue weighted by molar-refractivity contribution is 0.0885. The van der Waals surface area contributed by atoms with Crippen LogP contribution in [-0.2, 0) is 13.0 Å². The molecule has 2 unspecified atom stereocenters. The van der Waals surface area contributed by atoms with Crippen LogP contribution < -0.4 is 10.6 Å². The lowest BCUT2D eigenvalue weighted by atomic mass is 10.1. The minimum Gasteiger partial charge on any atom is -0.394 e. The number of hydrogen-bond acceptors (Lipinski definition) is 9. The number of nitrogens with zero attached hydrogens (tertiary/aromatic N) is 4. The van der Waals surface area contributed by atoms with Crippen molar-refractivity contribution in [3.63, 3.8) is 0 Å². The van der Waals surface area contributed by atoms with Crippen molar-refractivity contribution < 1.29 is 28.7 Å². The molecular formula is C27H27FN6O5. The van der Waals surface area contributed by atoms with Gasteiger partial charge in [-0.2, -0.15) is 4.98 Å². The van der Waals surface area contributed by atoms with Gasteiger partial charge >= 0.3 is 0 Å². The lowest BCUT2D eigenvalue weighted by Crippen LogP contribution is -2.29. The highest BCUT2D eigenvalue weighted by Gasteiger charge is 2.17. The van der Waals surface area contributed by atoms with E-state index in [1.165, 1.54) is 12.1 Å². The first kappa shape index (κ1) is 27.5. The maximum atomic E-state index is 13.5. The first-order valence-electron chi connectivity index (χ1n) is 12.1. The van der Waals surface area contributed by atoms with Gasteiger partial charge in [0.15, 0.2) is 0 Å². The topological polar surface area (TPSA) is 163 Å². The summed E-state index contributed by atoms with van der Waals surface area (Å²) in [6.07, 6.45) is 0.214. The van der Waals surface area contributed by atoms with Gasteiger partial charge < -0.3 is 25.4 Å². The fourth-order valence-corrected chi connectivity index (χ4v) is 3.69. The molecule has 2 heterocycles. The molecule has 11 nitrogen and oxygen atoms in total. The summed E-state index contributed by atoms with van der Waals surface area (Å²) in [6.45, 7) is 3.21. The van der Waals surface area contributed by atoms with E-state index in [1.54, 1.807) is 50.2 Å². The number of amides is 2. The van der Waals surface area contributed by atoms with Crippen LogP contribution in [-0.4, -0.2) is 54.8 Å². The zero-order valence-electron chi connectivity index (χ0n) is 21.3. The Morgan fingerprint density at radius 1 is 1.05 bits per heavy atom. The number of halogens is 1. The predicted octanol–water partition coefficient (Wildman–Crippen LogP) is 2.29. The Labute approximate surface area is 223 Å². The largest absolute Gasteiger partial charge is 0.394 e. The summed E-state index contributed by atoms with van der Waals surface area (Å²) in [4.78, 5) is 37.5. The standard InChI is InChI=1S/C27H27FN6O5/c1-15-9-17(3-8-21(15)28)12-29-26(37)22-11-23(31-14-30-22)27(38)32-16(2)18-4-6-19(7-5-18)25-33-24(39-34-25)10-20(36)13-35/h3-9,11,14,16,20,35-36H,10,12-13H2,1-2H3,(H,29,37)(H,32,38). The maximum absolute atomic E-state index is 13.5. The van der Waals surface area contributed by atoms with E-state index in [0.717, 1.165) is 17.5 Å². The van der Waals surface area contributed by atoms with Gasteiger partial charge in [-0.3, -0.25) is 9.59 Å². The first-order chi connectivity index (χ1) is 18.7. The Balaban J connectivity index is 1.35. The molecule has 39 heavy (non-hydrogen) atoms. The highest BCUT2D eigenvalue weighted by Crippen LogP contribution is 2.20. The number of aliphatic hydroxyl groups is 2. The zero-order valence-corrected chi connectivity index (χ0v) is 21.3. The number of aryl methyl sites for hydroxylation is 1. The van der Waals surface area contributed by atoms with E-state index in [-0.39, 0.29) is 42.1 Å². The summed E-state index contributed by atoms with van der Waals surface area (Å²) in [5, 5.41) is 27.9. The summed E-state index contributed by atoms with van der Waals surface area (Å²) in [6, 6.07) is 12.6. The molecule has 12 heteroatoms. The third-order valence-corrected chi connectivity index (χ3v) is 5.91. The second-order valence-electron chi connectivity index (χ2n) is 8.92. The molecule has 4 aromatic rings. The van der Waals surface area contributed by atoms with Crippen molar-refractivity contribution in [1.29, 1.82) is 0 Å². The average molecular weight is 535 g/mol. The van der Waals surface area contributed by atoms with Gasteiger partial charge in [0, 0.05) is 18.2 Å². The Morgan fingerprint density at radius 2 is 1.77 bits per heavy atom. The number of nitrogens with one attached hydrogen (secondary N) is 2. The van der Waals surface area contributed by atoms with Crippen LogP contribution >= 0.6 is 0 Å². The molecule has 0 aliphatic carbocycles. The van der Waals surface area contributed by atoms with Crippen molar-refractivity contribution in [2.24, 2.45) is 0 Å². The molecule has 2 atom stereocenters. The fraction of sp³-hybridized carbons (Fsp3) is 0.259. The van der Waals surface area contributed by atoms with Crippen LogP contribution in [0, 0.1) is 12.7 Å². The van der Waals surface area contributed by atoms with Gasteiger partial charge in [-0.05, 0) is 36.6 Å². The van der Waals surface area contributed by atoms with Crippen molar-refractivity contribution in [3.05, 3.63) is 94.6 Å². The van der Waals surface area contributed by atoms with Gasteiger partial charge in [0.2, 0.25) is 11.7 Å². The van der Waals surface area contributed by atoms with E-state index in [9.17, 15) is 19.1 Å². The maximum Gasteiger partial charge on any atom is 0.270 e. The van der Waals surface area contributed by atoms with Crippen LogP contribution in [0.3, 0.4) is 0 Å². The van der Waals surface area contributed by atoms with E-state index < -0.39 is 24.5 Å². The van der Waals surface area contributed by atoms with E-state index >= 15 is 0 Å². The van der Waals surface area contributed by atoms with Gasteiger partial charge in [0.25, 0.3) is 11.8 Å². The van der Waals surface area contributed by atoms with Gasteiger partial charge in [-0.15, -0.1) is 0 Å². The summed E-state index contributed by atoms with van der Waals surface area (Å²) in [5.74, 6) is -0.756. The van der Waals surface area contributed by atoms with Crippen LogP contribution in [0.2, 0.25) is 0 Å². The third kappa shape index (κ3) is 7.06. The Hall–Kier alpha value is -4.55. The Bertz CT molecular complexity index is 1460. The average Bonchev–Trinajstić information content (AvgIpc) is 3.41.